The molecule has 0 amide bonds. The number of aromatic nitrogens is 1. The highest BCUT2D eigenvalue weighted by atomic mass is 79.9. The molecule has 0 atom stereocenters. The van der Waals surface area contributed by atoms with Gasteiger partial charge in [0.15, 0.2) is 5.15 Å². The number of anilines is 1. The molecule has 0 saturated carbocycles. The first-order valence-electron chi connectivity index (χ1n) is 4.73. The number of hydrogen-bond donors (Lipinski definition) is 1. The first-order valence-corrected chi connectivity index (χ1v) is 5.90. The molecule has 2 aromatic rings. The SMILES string of the molecule is N#Cc1ccc(CNc2cc(Br)cnc2Cl)o1. The van der Waals surface area contributed by atoms with Crippen LogP contribution in [0.5, 0.6) is 0 Å². The third kappa shape index (κ3) is 2.99. The molecule has 86 valence electrons. The molecule has 17 heavy (non-hydrogen) atoms. The van der Waals surface area contributed by atoms with Crippen molar-refractivity contribution in [2.75, 3.05) is 5.32 Å². The Morgan fingerprint density at radius 3 is 3.06 bits per heavy atom. The fourth-order valence-electron chi connectivity index (χ4n) is 1.26. The molecule has 0 bridgehead atoms. The number of rotatable bonds is 3. The van der Waals surface area contributed by atoms with Crippen LogP contribution >= 0.6 is 27.5 Å². The second kappa shape index (κ2) is 5.21. The molecule has 2 rings (SSSR count). The standard InChI is InChI=1S/C11H7BrClN3O/c12-7-3-10(11(13)16-5-7)15-6-9-2-1-8(4-14)17-9/h1-3,5,15H,6H2. The quantitative estimate of drug-likeness (QED) is 0.880. The third-order valence-corrected chi connectivity index (χ3v) is 2.77. The molecule has 4 nitrogen and oxygen atoms in total. The second-order valence-corrected chi connectivity index (χ2v) is 4.50. The van der Waals surface area contributed by atoms with Gasteiger partial charge in [-0.05, 0) is 34.1 Å². The predicted octanol–water partition coefficient (Wildman–Crippen LogP) is 3.57. The maximum Gasteiger partial charge on any atom is 0.203 e. The van der Waals surface area contributed by atoms with Crippen LogP contribution in [-0.4, -0.2) is 4.98 Å². The highest BCUT2D eigenvalue weighted by molar-refractivity contribution is 9.10. The van der Waals surface area contributed by atoms with E-state index in [2.05, 4.69) is 26.2 Å². The van der Waals surface area contributed by atoms with Crippen LogP contribution in [0.15, 0.2) is 33.3 Å². The smallest absolute Gasteiger partial charge is 0.203 e. The van der Waals surface area contributed by atoms with E-state index in [4.69, 9.17) is 21.3 Å². The van der Waals surface area contributed by atoms with E-state index in [-0.39, 0.29) is 0 Å². The van der Waals surface area contributed by atoms with Crippen LogP contribution in [0.4, 0.5) is 5.69 Å². The van der Waals surface area contributed by atoms with Crippen molar-refractivity contribution in [2.24, 2.45) is 0 Å². The van der Waals surface area contributed by atoms with Gasteiger partial charge in [-0.3, -0.25) is 0 Å². The number of nitriles is 1. The molecule has 0 radical (unpaired) electrons. The third-order valence-electron chi connectivity index (χ3n) is 2.03. The van der Waals surface area contributed by atoms with E-state index in [1.807, 2.05) is 12.1 Å². The Hall–Kier alpha value is -1.51. The van der Waals surface area contributed by atoms with E-state index in [9.17, 15) is 0 Å². The topological polar surface area (TPSA) is 61.9 Å². The second-order valence-electron chi connectivity index (χ2n) is 3.22. The Bertz CT molecular complexity index is 576. The van der Waals surface area contributed by atoms with Crippen molar-refractivity contribution in [1.82, 2.24) is 4.98 Å². The van der Waals surface area contributed by atoms with Gasteiger partial charge < -0.3 is 9.73 Å². The minimum atomic E-state index is 0.292. The highest BCUT2D eigenvalue weighted by Crippen LogP contribution is 2.23. The van der Waals surface area contributed by atoms with Crippen LogP contribution < -0.4 is 5.32 Å². The summed E-state index contributed by atoms with van der Waals surface area (Å²) in [7, 11) is 0. The lowest BCUT2D eigenvalue weighted by Gasteiger charge is -2.06. The first kappa shape index (κ1) is 12.0. The van der Waals surface area contributed by atoms with Crippen molar-refractivity contribution in [3.8, 4) is 6.07 Å². The summed E-state index contributed by atoms with van der Waals surface area (Å²) >= 11 is 9.23. The first-order chi connectivity index (χ1) is 8.19. The van der Waals surface area contributed by atoms with E-state index >= 15 is 0 Å². The van der Waals surface area contributed by atoms with Crippen LogP contribution in [-0.2, 0) is 6.54 Å². The number of furan rings is 1. The lowest BCUT2D eigenvalue weighted by atomic mass is 10.4. The molecule has 0 aliphatic rings. The van der Waals surface area contributed by atoms with E-state index < -0.39 is 0 Å². The number of nitrogens with one attached hydrogen (secondary N) is 1. The van der Waals surface area contributed by atoms with E-state index in [1.165, 1.54) is 0 Å². The lowest BCUT2D eigenvalue weighted by Crippen LogP contribution is -1.99. The van der Waals surface area contributed by atoms with Gasteiger partial charge in [0.1, 0.15) is 11.8 Å². The van der Waals surface area contributed by atoms with Gasteiger partial charge in [0.05, 0.1) is 12.2 Å². The van der Waals surface area contributed by atoms with Gasteiger partial charge in [-0.1, -0.05) is 11.6 Å². The Labute approximate surface area is 111 Å². The van der Waals surface area contributed by atoms with Gasteiger partial charge >= 0.3 is 0 Å². The van der Waals surface area contributed by atoms with Crippen LogP contribution in [0, 0.1) is 11.3 Å². The summed E-state index contributed by atoms with van der Waals surface area (Å²) in [5, 5.41) is 12.1. The normalized spacial score (nSPS) is 9.94. The van der Waals surface area contributed by atoms with Crippen LogP contribution in [0.1, 0.15) is 11.5 Å². The Balaban J connectivity index is 2.07. The van der Waals surface area contributed by atoms with Gasteiger partial charge in [-0.15, -0.1) is 0 Å². The largest absolute Gasteiger partial charge is 0.449 e. The monoisotopic (exact) mass is 311 g/mol. The summed E-state index contributed by atoms with van der Waals surface area (Å²) in [4.78, 5) is 3.99. The summed E-state index contributed by atoms with van der Waals surface area (Å²) in [6.45, 7) is 0.444. The fraction of sp³-hybridized carbons (Fsp3) is 0.0909. The van der Waals surface area contributed by atoms with Crippen molar-refractivity contribution in [2.45, 2.75) is 6.54 Å². The average Bonchev–Trinajstić information content (AvgIpc) is 2.78. The minimum absolute atomic E-state index is 0.292. The van der Waals surface area contributed by atoms with Crippen molar-refractivity contribution in [3.05, 3.63) is 45.5 Å². The van der Waals surface area contributed by atoms with Crippen LogP contribution in [0.3, 0.4) is 0 Å². The summed E-state index contributed by atoms with van der Waals surface area (Å²) in [6, 6.07) is 7.11. The number of hydrogen-bond acceptors (Lipinski definition) is 4. The number of nitrogens with zero attached hydrogens (tertiary/aromatic N) is 2. The molecule has 2 aromatic heterocycles. The molecular weight excluding hydrogens is 305 g/mol. The Kier molecular flexibility index (Phi) is 3.67. The molecule has 0 spiro atoms. The Morgan fingerprint density at radius 2 is 2.35 bits per heavy atom. The molecule has 0 aromatic carbocycles. The number of pyridine rings is 1. The molecule has 0 fully saturated rings. The highest BCUT2D eigenvalue weighted by Gasteiger charge is 2.04. The van der Waals surface area contributed by atoms with Crippen molar-refractivity contribution < 1.29 is 4.42 Å². The zero-order valence-corrected chi connectivity index (χ0v) is 10.9. The summed E-state index contributed by atoms with van der Waals surface area (Å²) < 4.78 is 6.06. The molecular formula is C11H7BrClN3O. The van der Waals surface area contributed by atoms with Gasteiger partial charge in [-0.25, -0.2) is 4.98 Å². The summed E-state index contributed by atoms with van der Waals surface area (Å²) in [5.41, 5.74) is 0.705. The van der Waals surface area contributed by atoms with Gasteiger partial charge in [-0.2, -0.15) is 5.26 Å². The molecule has 0 aliphatic heterocycles. The average molecular weight is 313 g/mol. The summed E-state index contributed by atoms with van der Waals surface area (Å²) in [5.74, 6) is 0.956. The van der Waals surface area contributed by atoms with Crippen LogP contribution in [0.25, 0.3) is 0 Å². The van der Waals surface area contributed by atoms with E-state index in [1.54, 1.807) is 18.3 Å². The van der Waals surface area contributed by atoms with Crippen molar-refractivity contribution >= 4 is 33.2 Å². The van der Waals surface area contributed by atoms with E-state index in [0.717, 1.165) is 4.47 Å². The molecule has 6 heteroatoms. The van der Waals surface area contributed by atoms with Crippen molar-refractivity contribution in [1.29, 1.82) is 5.26 Å². The molecule has 2 heterocycles. The molecule has 0 aliphatic carbocycles. The lowest BCUT2D eigenvalue weighted by molar-refractivity contribution is 0.506. The number of halogens is 2. The Morgan fingerprint density at radius 1 is 1.53 bits per heavy atom. The van der Waals surface area contributed by atoms with Crippen molar-refractivity contribution in [3.63, 3.8) is 0 Å². The minimum Gasteiger partial charge on any atom is -0.449 e. The zero-order valence-electron chi connectivity index (χ0n) is 8.58. The maximum atomic E-state index is 8.62. The van der Waals surface area contributed by atoms with Gasteiger partial charge in [0.2, 0.25) is 5.76 Å². The molecule has 1 N–H and O–H groups in total. The van der Waals surface area contributed by atoms with Gasteiger partial charge in [0.25, 0.3) is 0 Å². The molecule has 0 saturated heterocycles. The zero-order chi connectivity index (χ0) is 12.3. The predicted molar refractivity (Wildman–Crippen MR) is 67.7 cm³/mol. The fourth-order valence-corrected chi connectivity index (χ4v) is 1.76. The van der Waals surface area contributed by atoms with Gasteiger partial charge in [0, 0.05) is 10.7 Å². The van der Waals surface area contributed by atoms with E-state index in [0.29, 0.717) is 28.9 Å². The molecule has 0 unspecified atom stereocenters. The summed E-state index contributed by atoms with van der Waals surface area (Å²) in [6.07, 6.45) is 1.62. The van der Waals surface area contributed by atoms with Crippen LogP contribution in [0.2, 0.25) is 5.15 Å². The maximum absolute atomic E-state index is 8.62.